The molecule has 0 aromatic heterocycles. The second kappa shape index (κ2) is 6.48. The van der Waals surface area contributed by atoms with Crippen LogP contribution in [0.1, 0.15) is 41.0 Å². The third-order valence-electron chi connectivity index (χ3n) is 2.88. The molecule has 2 atom stereocenters. The number of nitrogens with one attached hydrogen (secondary N) is 1. The van der Waals surface area contributed by atoms with Gasteiger partial charge in [0.05, 0.1) is 10.5 Å². The van der Waals surface area contributed by atoms with Crippen LogP contribution in [0.2, 0.25) is 0 Å². The minimum absolute atomic E-state index is 0.184. The van der Waals surface area contributed by atoms with Gasteiger partial charge in [0.15, 0.2) is 9.84 Å². The van der Waals surface area contributed by atoms with E-state index in [9.17, 15) is 8.42 Å². The molecule has 0 aliphatic heterocycles. The Morgan fingerprint density at radius 3 is 2.07 bits per heavy atom. The highest BCUT2D eigenvalue weighted by Gasteiger charge is 2.29. The van der Waals surface area contributed by atoms with Gasteiger partial charge in [0.2, 0.25) is 0 Å². The van der Waals surface area contributed by atoms with E-state index in [1.807, 2.05) is 13.8 Å². The predicted molar refractivity (Wildman–Crippen MR) is 65.8 cm³/mol. The minimum atomic E-state index is -2.98. The van der Waals surface area contributed by atoms with E-state index < -0.39 is 9.84 Å². The molecular formula is C11H25NO2S. The Morgan fingerprint density at radius 1 is 1.13 bits per heavy atom. The van der Waals surface area contributed by atoms with Crippen LogP contribution >= 0.6 is 0 Å². The first-order valence-electron chi connectivity index (χ1n) is 5.77. The van der Waals surface area contributed by atoms with Crippen molar-refractivity contribution in [2.45, 2.75) is 51.5 Å². The molecule has 0 saturated carbocycles. The zero-order valence-electron chi connectivity index (χ0n) is 10.6. The zero-order valence-corrected chi connectivity index (χ0v) is 11.4. The summed E-state index contributed by atoms with van der Waals surface area (Å²) in [6, 6.07) is 0. The van der Waals surface area contributed by atoms with Gasteiger partial charge in [-0.15, -0.1) is 0 Å². The van der Waals surface area contributed by atoms with Crippen LogP contribution in [0.15, 0.2) is 0 Å². The van der Waals surface area contributed by atoms with Crippen LogP contribution in [-0.2, 0) is 9.84 Å². The van der Waals surface area contributed by atoms with Crippen molar-refractivity contribution >= 4 is 9.84 Å². The van der Waals surface area contributed by atoms with Gasteiger partial charge in [-0.25, -0.2) is 8.42 Å². The third kappa shape index (κ3) is 4.51. The van der Waals surface area contributed by atoms with Crippen LogP contribution in [-0.4, -0.2) is 32.0 Å². The van der Waals surface area contributed by atoms with E-state index in [2.05, 4.69) is 12.2 Å². The molecule has 0 aliphatic rings. The van der Waals surface area contributed by atoms with Gasteiger partial charge in [0, 0.05) is 6.54 Å². The molecule has 1 N–H and O–H groups in total. The number of hydrogen-bond acceptors (Lipinski definition) is 3. The van der Waals surface area contributed by atoms with Crippen molar-refractivity contribution in [3.63, 3.8) is 0 Å². The first-order chi connectivity index (χ1) is 6.84. The maximum Gasteiger partial charge on any atom is 0.156 e. The topological polar surface area (TPSA) is 46.2 Å². The molecular weight excluding hydrogens is 210 g/mol. The summed E-state index contributed by atoms with van der Waals surface area (Å²) in [4.78, 5) is 0. The van der Waals surface area contributed by atoms with Gasteiger partial charge in [-0.3, -0.25) is 0 Å². The van der Waals surface area contributed by atoms with Gasteiger partial charge in [0.1, 0.15) is 0 Å². The predicted octanol–water partition coefficient (Wildman–Crippen LogP) is 1.83. The standard InChI is InChI=1S/C11H25NO2S/c1-6-7-12-8-10(4)15(13,14)11(5)9(2)3/h9-12H,6-8H2,1-5H3. The van der Waals surface area contributed by atoms with E-state index >= 15 is 0 Å². The van der Waals surface area contributed by atoms with Crippen molar-refractivity contribution in [3.8, 4) is 0 Å². The van der Waals surface area contributed by atoms with Crippen molar-refractivity contribution in [3.05, 3.63) is 0 Å². The second-order valence-electron chi connectivity index (χ2n) is 4.55. The SMILES string of the molecule is CCCNCC(C)S(=O)(=O)C(C)C(C)C. The van der Waals surface area contributed by atoms with Gasteiger partial charge < -0.3 is 5.32 Å². The highest BCUT2D eigenvalue weighted by Crippen LogP contribution is 2.16. The van der Waals surface area contributed by atoms with Crippen molar-refractivity contribution in [2.75, 3.05) is 13.1 Å². The van der Waals surface area contributed by atoms with Crippen molar-refractivity contribution in [2.24, 2.45) is 5.92 Å². The molecule has 0 radical (unpaired) electrons. The smallest absolute Gasteiger partial charge is 0.156 e. The fraction of sp³-hybridized carbons (Fsp3) is 1.00. The van der Waals surface area contributed by atoms with Crippen molar-refractivity contribution in [1.82, 2.24) is 5.32 Å². The summed E-state index contributed by atoms with van der Waals surface area (Å²) >= 11 is 0. The molecule has 2 unspecified atom stereocenters. The molecule has 0 saturated heterocycles. The molecule has 0 aromatic carbocycles. The average Bonchev–Trinajstić information content (AvgIpc) is 2.16. The molecule has 0 rings (SSSR count). The molecule has 0 aliphatic carbocycles. The van der Waals surface area contributed by atoms with E-state index in [0.717, 1.165) is 13.0 Å². The Kier molecular flexibility index (Phi) is 6.44. The molecule has 3 nitrogen and oxygen atoms in total. The van der Waals surface area contributed by atoms with E-state index in [1.54, 1.807) is 13.8 Å². The summed E-state index contributed by atoms with van der Waals surface area (Å²) in [6.45, 7) is 11.0. The van der Waals surface area contributed by atoms with Crippen molar-refractivity contribution in [1.29, 1.82) is 0 Å². The molecule has 0 amide bonds. The fourth-order valence-corrected chi connectivity index (χ4v) is 3.19. The van der Waals surface area contributed by atoms with Gasteiger partial charge in [0.25, 0.3) is 0 Å². The zero-order chi connectivity index (χ0) is 12.1. The fourth-order valence-electron chi connectivity index (χ4n) is 1.34. The summed E-state index contributed by atoms with van der Waals surface area (Å²) < 4.78 is 24.1. The lowest BCUT2D eigenvalue weighted by Crippen LogP contribution is -2.38. The summed E-state index contributed by atoms with van der Waals surface area (Å²) in [5.41, 5.74) is 0. The van der Waals surface area contributed by atoms with Gasteiger partial charge in [-0.05, 0) is 32.7 Å². The molecule has 0 spiro atoms. The normalized spacial score (nSPS) is 16.7. The Hall–Kier alpha value is -0.0900. The van der Waals surface area contributed by atoms with E-state index in [4.69, 9.17) is 0 Å². The summed E-state index contributed by atoms with van der Waals surface area (Å²) in [6.07, 6.45) is 1.03. The molecule has 0 fully saturated rings. The number of rotatable bonds is 7. The third-order valence-corrected chi connectivity index (χ3v) is 5.75. The molecule has 15 heavy (non-hydrogen) atoms. The number of sulfone groups is 1. The largest absolute Gasteiger partial charge is 0.315 e. The quantitative estimate of drug-likeness (QED) is 0.685. The summed E-state index contributed by atoms with van der Waals surface area (Å²) in [7, 11) is -2.98. The summed E-state index contributed by atoms with van der Waals surface area (Å²) in [5, 5.41) is 2.61. The van der Waals surface area contributed by atoms with Gasteiger partial charge in [-0.1, -0.05) is 20.8 Å². The molecule has 92 valence electrons. The van der Waals surface area contributed by atoms with Crippen LogP contribution < -0.4 is 5.32 Å². The van der Waals surface area contributed by atoms with Crippen LogP contribution in [0.25, 0.3) is 0 Å². The van der Waals surface area contributed by atoms with Crippen LogP contribution in [0.5, 0.6) is 0 Å². The van der Waals surface area contributed by atoms with Gasteiger partial charge in [-0.2, -0.15) is 0 Å². The van der Waals surface area contributed by atoms with E-state index in [-0.39, 0.29) is 16.4 Å². The van der Waals surface area contributed by atoms with E-state index in [1.165, 1.54) is 0 Å². The molecule has 4 heteroatoms. The Balaban J connectivity index is 4.33. The highest BCUT2D eigenvalue weighted by molar-refractivity contribution is 7.92. The monoisotopic (exact) mass is 235 g/mol. The average molecular weight is 235 g/mol. The Bertz CT molecular complexity index is 260. The highest BCUT2D eigenvalue weighted by atomic mass is 32.2. The maximum atomic E-state index is 12.0. The maximum absolute atomic E-state index is 12.0. The van der Waals surface area contributed by atoms with Crippen LogP contribution in [0, 0.1) is 5.92 Å². The van der Waals surface area contributed by atoms with Gasteiger partial charge >= 0.3 is 0 Å². The lowest BCUT2D eigenvalue weighted by molar-refractivity contribution is 0.528. The lowest BCUT2D eigenvalue weighted by Gasteiger charge is -2.21. The first kappa shape index (κ1) is 14.9. The minimum Gasteiger partial charge on any atom is -0.315 e. The first-order valence-corrected chi connectivity index (χ1v) is 7.38. The Morgan fingerprint density at radius 2 is 1.67 bits per heavy atom. The molecule has 0 heterocycles. The molecule has 0 bridgehead atoms. The second-order valence-corrected chi connectivity index (χ2v) is 7.28. The van der Waals surface area contributed by atoms with Crippen LogP contribution in [0.4, 0.5) is 0 Å². The Labute approximate surface area is 94.6 Å². The summed E-state index contributed by atoms with van der Waals surface area (Å²) in [5.74, 6) is 0.184. The van der Waals surface area contributed by atoms with Crippen molar-refractivity contribution < 1.29 is 8.42 Å². The number of hydrogen-bond donors (Lipinski definition) is 1. The molecule has 0 aromatic rings. The lowest BCUT2D eigenvalue weighted by atomic mass is 10.2. The van der Waals surface area contributed by atoms with E-state index in [0.29, 0.717) is 6.54 Å². The van der Waals surface area contributed by atoms with Crippen LogP contribution in [0.3, 0.4) is 0 Å².